The van der Waals surface area contributed by atoms with Gasteiger partial charge >= 0.3 is 11.5 Å². The maximum Gasteiger partial charge on any atom is 0.335 e. The Morgan fingerprint density at radius 3 is 2.23 bits per heavy atom. The summed E-state index contributed by atoms with van der Waals surface area (Å²) in [6.07, 6.45) is 0. The van der Waals surface area contributed by atoms with Crippen molar-refractivity contribution in [2.24, 2.45) is 10.2 Å². The average molecular weight is 469 g/mol. The van der Waals surface area contributed by atoms with Crippen LogP contribution in [-0.4, -0.2) is 35.6 Å². The predicted octanol–water partition coefficient (Wildman–Crippen LogP) is 3.92. The van der Waals surface area contributed by atoms with Crippen LogP contribution >= 0.6 is 0 Å². The number of fused-ring (bicyclic) bond motifs is 1. The summed E-state index contributed by atoms with van der Waals surface area (Å²) in [6, 6.07) is 17.1. The Kier molecular flexibility index (Phi) is 5.21. The quantitative estimate of drug-likeness (QED) is 0.333. The Labute approximate surface area is 197 Å². The van der Waals surface area contributed by atoms with Gasteiger partial charge in [-0.1, -0.05) is 24.3 Å². The number of carboxylic acids is 1. The van der Waals surface area contributed by atoms with Crippen LogP contribution in [0.25, 0.3) is 22.4 Å². The van der Waals surface area contributed by atoms with E-state index in [1.807, 2.05) is 30.3 Å². The average Bonchev–Trinajstić information content (AvgIpc) is 3.31. The number of nitrogens with zero attached hydrogens (tertiary/aromatic N) is 5. The van der Waals surface area contributed by atoms with E-state index in [2.05, 4.69) is 25.4 Å². The third kappa shape index (κ3) is 3.84. The molecule has 0 spiro atoms. The summed E-state index contributed by atoms with van der Waals surface area (Å²) in [5, 5.41) is 24.1. The number of aryl methyl sites for hydroxylation is 2. The number of carbonyl (C=O) groups is 1. The first-order valence-electron chi connectivity index (χ1n) is 10.6. The molecule has 0 aliphatic carbocycles. The van der Waals surface area contributed by atoms with Gasteiger partial charge in [0.05, 0.1) is 28.2 Å². The van der Waals surface area contributed by atoms with Crippen LogP contribution in [0, 0.1) is 13.8 Å². The number of aromatic amines is 2. The molecule has 0 amide bonds. The zero-order valence-electron chi connectivity index (χ0n) is 18.7. The minimum Gasteiger partial charge on any atom is -0.478 e. The molecular weight excluding hydrogens is 450 g/mol. The predicted molar refractivity (Wildman–Crippen MR) is 129 cm³/mol. The lowest BCUT2D eigenvalue weighted by Gasteiger charge is -2.02. The van der Waals surface area contributed by atoms with Gasteiger partial charge in [0.1, 0.15) is 0 Å². The number of carboxylic acid groups (broad SMARTS) is 1. The van der Waals surface area contributed by atoms with Crippen LogP contribution in [0.4, 0.5) is 11.4 Å². The molecule has 0 saturated carbocycles. The van der Waals surface area contributed by atoms with Crippen LogP contribution in [0.5, 0.6) is 0 Å². The van der Waals surface area contributed by atoms with Gasteiger partial charge in [0.15, 0.2) is 17.2 Å². The number of benzene rings is 2. The second-order valence-electron chi connectivity index (χ2n) is 7.87. The second kappa shape index (κ2) is 8.37. The Hall–Kier alpha value is -5.06. The number of aromatic nitrogens is 5. The van der Waals surface area contributed by atoms with E-state index in [9.17, 15) is 19.5 Å². The molecule has 0 aliphatic rings. The summed E-state index contributed by atoms with van der Waals surface area (Å²) in [6.45, 7) is 3.31. The van der Waals surface area contributed by atoms with E-state index < -0.39 is 17.1 Å². The van der Waals surface area contributed by atoms with Gasteiger partial charge in [0.2, 0.25) is 0 Å². The first kappa shape index (κ1) is 21.8. The molecule has 0 saturated heterocycles. The van der Waals surface area contributed by atoms with Crippen molar-refractivity contribution >= 4 is 28.2 Å². The summed E-state index contributed by atoms with van der Waals surface area (Å²) in [4.78, 5) is 41.8. The number of H-pyrrole nitrogens is 2. The van der Waals surface area contributed by atoms with E-state index in [1.165, 1.54) is 27.6 Å². The van der Waals surface area contributed by atoms with Gasteiger partial charge in [0.25, 0.3) is 5.56 Å². The van der Waals surface area contributed by atoms with Gasteiger partial charge in [-0.2, -0.15) is 4.68 Å². The number of azo groups is 1. The normalized spacial score (nSPS) is 11.5. The van der Waals surface area contributed by atoms with Crippen LogP contribution in [0.3, 0.4) is 0 Å². The molecule has 0 atom stereocenters. The highest BCUT2D eigenvalue weighted by molar-refractivity contribution is 5.88. The molecule has 5 aromatic rings. The molecule has 174 valence electrons. The van der Waals surface area contributed by atoms with E-state index in [4.69, 9.17) is 0 Å². The molecule has 35 heavy (non-hydrogen) atoms. The summed E-state index contributed by atoms with van der Waals surface area (Å²) < 4.78 is 2.45. The van der Waals surface area contributed by atoms with Crippen LogP contribution in [0.15, 0.2) is 80.5 Å². The Morgan fingerprint density at radius 2 is 1.51 bits per heavy atom. The molecule has 3 N–H and O–H groups in total. The maximum absolute atomic E-state index is 13.0. The lowest BCUT2D eigenvalue weighted by atomic mass is 10.2. The van der Waals surface area contributed by atoms with E-state index in [1.54, 1.807) is 26.0 Å². The fourth-order valence-electron chi connectivity index (χ4n) is 3.71. The minimum absolute atomic E-state index is 0.00103. The zero-order valence-corrected chi connectivity index (χ0v) is 18.7. The lowest BCUT2D eigenvalue weighted by Crippen LogP contribution is -2.15. The van der Waals surface area contributed by atoms with E-state index >= 15 is 0 Å². The molecule has 0 aliphatic heterocycles. The molecule has 0 radical (unpaired) electrons. The SMILES string of the molecule is Cc1[nH]n(-c2cccc(C(=O)O)c2)c(=O)c1N=Nc1c(C)[nH]n(-c2ccc3ccccc3n2)c1=O. The van der Waals surface area contributed by atoms with Gasteiger partial charge in [0, 0.05) is 5.39 Å². The monoisotopic (exact) mass is 469 g/mol. The van der Waals surface area contributed by atoms with E-state index in [0.29, 0.717) is 22.9 Å². The number of hydrogen-bond acceptors (Lipinski definition) is 6. The van der Waals surface area contributed by atoms with Crippen molar-refractivity contribution in [2.75, 3.05) is 0 Å². The molecule has 0 fully saturated rings. The van der Waals surface area contributed by atoms with Crippen molar-refractivity contribution in [3.8, 4) is 11.5 Å². The fourth-order valence-corrected chi connectivity index (χ4v) is 3.71. The van der Waals surface area contributed by atoms with Gasteiger partial charge < -0.3 is 5.11 Å². The molecule has 0 bridgehead atoms. The molecule has 3 aromatic heterocycles. The summed E-state index contributed by atoms with van der Waals surface area (Å²) in [5.74, 6) is -0.708. The summed E-state index contributed by atoms with van der Waals surface area (Å²) >= 11 is 0. The third-order valence-electron chi connectivity index (χ3n) is 5.49. The molecule has 2 aromatic carbocycles. The van der Waals surface area contributed by atoms with Crippen LogP contribution < -0.4 is 11.1 Å². The van der Waals surface area contributed by atoms with Crippen LogP contribution in [0.2, 0.25) is 0 Å². The van der Waals surface area contributed by atoms with Gasteiger partial charge in [-0.3, -0.25) is 19.8 Å². The standard InChI is InChI=1S/C24H19N7O4/c1-13-20(22(32)30(28-13)17-8-5-7-16(12-17)24(34)35)26-27-21-14(2)29-31(23(21)33)19-11-10-15-6-3-4-9-18(15)25-19/h3-12,28-29H,1-2H3,(H,34,35). The Bertz CT molecular complexity index is 1750. The first-order chi connectivity index (χ1) is 16.8. The van der Waals surface area contributed by atoms with Crippen molar-refractivity contribution in [1.82, 2.24) is 24.5 Å². The summed E-state index contributed by atoms with van der Waals surface area (Å²) in [5.41, 5.74) is 1.02. The molecule has 11 nitrogen and oxygen atoms in total. The van der Waals surface area contributed by atoms with Gasteiger partial charge in [-0.05, 0) is 50.2 Å². The van der Waals surface area contributed by atoms with Crippen molar-refractivity contribution in [3.05, 3.63) is 98.3 Å². The number of aromatic carboxylic acids is 1. The highest BCUT2D eigenvalue weighted by atomic mass is 16.4. The maximum atomic E-state index is 13.0. The van der Waals surface area contributed by atoms with Crippen molar-refractivity contribution in [2.45, 2.75) is 13.8 Å². The lowest BCUT2D eigenvalue weighted by molar-refractivity contribution is 0.0697. The van der Waals surface area contributed by atoms with E-state index in [-0.39, 0.29) is 16.9 Å². The van der Waals surface area contributed by atoms with Crippen LogP contribution in [-0.2, 0) is 0 Å². The van der Waals surface area contributed by atoms with Gasteiger partial charge in [-0.15, -0.1) is 10.2 Å². The number of pyridine rings is 1. The summed E-state index contributed by atoms with van der Waals surface area (Å²) in [7, 11) is 0. The van der Waals surface area contributed by atoms with E-state index in [0.717, 1.165) is 10.9 Å². The number of rotatable bonds is 5. The zero-order chi connectivity index (χ0) is 24.7. The number of hydrogen-bond donors (Lipinski definition) is 3. The topological polar surface area (TPSA) is 150 Å². The smallest absolute Gasteiger partial charge is 0.335 e. The highest BCUT2D eigenvalue weighted by Gasteiger charge is 2.16. The molecule has 3 heterocycles. The van der Waals surface area contributed by atoms with Gasteiger partial charge in [-0.25, -0.2) is 14.5 Å². The number of nitrogens with one attached hydrogen (secondary N) is 2. The second-order valence-corrected chi connectivity index (χ2v) is 7.87. The molecule has 5 rings (SSSR count). The number of para-hydroxylation sites is 1. The third-order valence-corrected chi connectivity index (χ3v) is 5.49. The highest BCUT2D eigenvalue weighted by Crippen LogP contribution is 2.20. The fraction of sp³-hybridized carbons (Fsp3) is 0.0833. The van der Waals surface area contributed by atoms with Crippen molar-refractivity contribution in [1.29, 1.82) is 0 Å². The Balaban J connectivity index is 1.52. The Morgan fingerprint density at radius 1 is 0.857 bits per heavy atom. The molecule has 11 heteroatoms. The first-order valence-corrected chi connectivity index (χ1v) is 10.6. The van der Waals surface area contributed by atoms with Crippen LogP contribution in [0.1, 0.15) is 21.7 Å². The largest absolute Gasteiger partial charge is 0.478 e. The van der Waals surface area contributed by atoms with Crippen molar-refractivity contribution in [3.63, 3.8) is 0 Å². The minimum atomic E-state index is -1.11. The van der Waals surface area contributed by atoms with Crippen molar-refractivity contribution < 1.29 is 9.90 Å². The molecule has 0 unspecified atom stereocenters. The molecular formula is C24H19N7O4.